The smallest absolute Gasteiger partial charge is 0.491 e. The fourth-order valence-electron chi connectivity index (χ4n) is 1.32. The lowest BCUT2D eigenvalue weighted by Crippen LogP contribution is -2.18. The summed E-state index contributed by atoms with van der Waals surface area (Å²) < 4.78 is 43.8. The van der Waals surface area contributed by atoms with E-state index in [0.29, 0.717) is 5.75 Å². The van der Waals surface area contributed by atoms with Gasteiger partial charge in [0.05, 0.1) is 6.61 Å². The summed E-state index contributed by atoms with van der Waals surface area (Å²) in [6.45, 7) is 1.46. The monoisotopic (exact) mass is 249 g/mol. The second-order valence-electron chi connectivity index (χ2n) is 3.46. The van der Waals surface area contributed by atoms with Gasteiger partial charge in [0.25, 0.3) is 0 Å². The Labute approximate surface area is 97.3 Å². The van der Waals surface area contributed by atoms with E-state index >= 15 is 0 Å². The molecule has 0 unspecified atom stereocenters. The molecule has 0 radical (unpaired) electrons. The number of hydrogen-bond donors (Lipinski definition) is 1. The Morgan fingerprint density at radius 2 is 1.94 bits per heavy atom. The van der Waals surface area contributed by atoms with E-state index in [2.05, 4.69) is 4.74 Å². The first-order valence-electron chi connectivity index (χ1n) is 5.05. The standard InChI is InChI=1S/C11H14F3NO2/c1-8-2-3-10(9(6-8)7-15)16-4-5-17-11(12,13)14/h2-3,6H,4-5,7,15H2,1H3. The summed E-state index contributed by atoms with van der Waals surface area (Å²) in [7, 11) is 0. The Balaban J connectivity index is 2.46. The van der Waals surface area contributed by atoms with Crippen molar-refractivity contribution in [2.45, 2.75) is 19.8 Å². The lowest BCUT2D eigenvalue weighted by atomic mass is 10.1. The summed E-state index contributed by atoms with van der Waals surface area (Å²) in [6.07, 6.45) is -4.62. The zero-order valence-electron chi connectivity index (χ0n) is 9.38. The molecule has 3 nitrogen and oxygen atoms in total. The van der Waals surface area contributed by atoms with Crippen LogP contribution in [0.3, 0.4) is 0 Å². The highest BCUT2D eigenvalue weighted by Gasteiger charge is 2.28. The van der Waals surface area contributed by atoms with Gasteiger partial charge in [-0.15, -0.1) is 13.2 Å². The van der Waals surface area contributed by atoms with Gasteiger partial charge in [-0.1, -0.05) is 17.7 Å². The molecule has 96 valence electrons. The van der Waals surface area contributed by atoms with Crippen molar-refractivity contribution >= 4 is 0 Å². The third-order valence-corrected chi connectivity index (χ3v) is 2.04. The Morgan fingerprint density at radius 3 is 2.53 bits per heavy atom. The van der Waals surface area contributed by atoms with Crippen molar-refractivity contribution in [2.75, 3.05) is 13.2 Å². The lowest BCUT2D eigenvalue weighted by molar-refractivity contribution is -0.325. The van der Waals surface area contributed by atoms with Crippen molar-refractivity contribution in [1.29, 1.82) is 0 Å². The third-order valence-electron chi connectivity index (χ3n) is 2.04. The molecule has 2 N–H and O–H groups in total. The molecular weight excluding hydrogens is 235 g/mol. The predicted molar refractivity (Wildman–Crippen MR) is 56.6 cm³/mol. The minimum Gasteiger partial charge on any atom is -0.491 e. The number of ether oxygens (including phenoxy) is 2. The van der Waals surface area contributed by atoms with E-state index < -0.39 is 13.0 Å². The van der Waals surface area contributed by atoms with Gasteiger partial charge in [-0.2, -0.15) is 0 Å². The minimum atomic E-state index is -4.62. The molecule has 0 fully saturated rings. The summed E-state index contributed by atoms with van der Waals surface area (Å²) in [5.74, 6) is 0.490. The summed E-state index contributed by atoms with van der Waals surface area (Å²) in [6, 6.07) is 5.32. The number of nitrogens with two attached hydrogens (primary N) is 1. The van der Waals surface area contributed by atoms with Crippen LogP contribution < -0.4 is 10.5 Å². The van der Waals surface area contributed by atoms with Crippen molar-refractivity contribution in [3.05, 3.63) is 29.3 Å². The van der Waals surface area contributed by atoms with E-state index in [1.54, 1.807) is 12.1 Å². The summed E-state index contributed by atoms with van der Waals surface area (Å²) in [5, 5.41) is 0. The molecule has 6 heteroatoms. The highest BCUT2D eigenvalue weighted by atomic mass is 19.4. The minimum absolute atomic E-state index is 0.171. The van der Waals surface area contributed by atoms with Crippen molar-refractivity contribution in [2.24, 2.45) is 5.73 Å². The molecule has 0 aliphatic heterocycles. The van der Waals surface area contributed by atoms with E-state index in [-0.39, 0.29) is 13.2 Å². The number of alkyl halides is 3. The fraction of sp³-hybridized carbons (Fsp3) is 0.455. The van der Waals surface area contributed by atoms with Gasteiger partial charge in [-0.25, -0.2) is 0 Å². The van der Waals surface area contributed by atoms with E-state index in [4.69, 9.17) is 10.5 Å². The maximum Gasteiger partial charge on any atom is 0.522 e. The number of hydrogen-bond acceptors (Lipinski definition) is 3. The van der Waals surface area contributed by atoms with Gasteiger partial charge in [0.1, 0.15) is 12.4 Å². The van der Waals surface area contributed by atoms with Gasteiger partial charge < -0.3 is 10.5 Å². The number of rotatable bonds is 5. The van der Waals surface area contributed by atoms with Crippen molar-refractivity contribution in [1.82, 2.24) is 0 Å². The number of benzene rings is 1. The quantitative estimate of drug-likeness (QED) is 0.815. The second kappa shape index (κ2) is 5.88. The molecule has 0 atom stereocenters. The lowest BCUT2D eigenvalue weighted by Gasteiger charge is -2.12. The maximum atomic E-state index is 11.7. The van der Waals surface area contributed by atoms with Gasteiger partial charge in [0, 0.05) is 12.1 Å². The second-order valence-corrected chi connectivity index (χ2v) is 3.46. The topological polar surface area (TPSA) is 44.5 Å². The highest BCUT2D eigenvalue weighted by molar-refractivity contribution is 5.36. The largest absolute Gasteiger partial charge is 0.522 e. The van der Waals surface area contributed by atoms with E-state index in [1.165, 1.54) is 0 Å². The average Bonchev–Trinajstić information content (AvgIpc) is 2.24. The normalized spacial score (nSPS) is 11.6. The molecule has 17 heavy (non-hydrogen) atoms. The van der Waals surface area contributed by atoms with Gasteiger partial charge in [-0.05, 0) is 13.0 Å². The highest BCUT2D eigenvalue weighted by Crippen LogP contribution is 2.20. The van der Waals surface area contributed by atoms with Crippen LogP contribution in [-0.4, -0.2) is 19.6 Å². The van der Waals surface area contributed by atoms with Gasteiger partial charge in [0.15, 0.2) is 0 Å². The predicted octanol–water partition coefficient (Wildman–Crippen LogP) is 2.37. The van der Waals surface area contributed by atoms with Crippen LogP contribution in [0.1, 0.15) is 11.1 Å². The van der Waals surface area contributed by atoms with Gasteiger partial charge >= 0.3 is 6.36 Å². The average molecular weight is 249 g/mol. The molecule has 1 aromatic carbocycles. The van der Waals surface area contributed by atoms with Gasteiger partial charge in [-0.3, -0.25) is 4.74 Å². The van der Waals surface area contributed by atoms with Crippen LogP contribution in [0.5, 0.6) is 5.75 Å². The van der Waals surface area contributed by atoms with Crippen LogP contribution in [-0.2, 0) is 11.3 Å². The molecule has 0 aromatic heterocycles. The summed E-state index contributed by atoms with van der Waals surface area (Å²) in [5.41, 5.74) is 7.28. The fourth-order valence-corrected chi connectivity index (χ4v) is 1.32. The maximum absolute atomic E-state index is 11.7. The molecule has 0 aliphatic rings. The van der Waals surface area contributed by atoms with Crippen molar-refractivity contribution < 1.29 is 22.6 Å². The van der Waals surface area contributed by atoms with Crippen molar-refractivity contribution in [3.63, 3.8) is 0 Å². The van der Waals surface area contributed by atoms with Crippen LogP contribution in [0.25, 0.3) is 0 Å². The number of halogens is 3. The molecule has 0 aliphatic carbocycles. The first kappa shape index (κ1) is 13.8. The Morgan fingerprint density at radius 1 is 1.24 bits per heavy atom. The molecular formula is C11H14F3NO2. The third kappa shape index (κ3) is 5.06. The Bertz CT molecular complexity index is 366. The zero-order chi connectivity index (χ0) is 12.9. The van der Waals surface area contributed by atoms with Crippen LogP contribution >= 0.6 is 0 Å². The molecule has 0 bridgehead atoms. The first-order valence-corrected chi connectivity index (χ1v) is 5.05. The van der Waals surface area contributed by atoms with Crippen molar-refractivity contribution in [3.8, 4) is 5.75 Å². The molecule has 0 amide bonds. The van der Waals surface area contributed by atoms with Crippen LogP contribution in [0, 0.1) is 6.92 Å². The van der Waals surface area contributed by atoms with Gasteiger partial charge in [0.2, 0.25) is 0 Å². The summed E-state index contributed by atoms with van der Waals surface area (Å²) in [4.78, 5) is 0. The zero-order valence-corrected chi connectivity index (χ0v) is 9.38. The summed E-state index contributed by atoms with van der Waals surface area (Å²) >= 11 is 0. The molecule has 1 rings (SSSR count). The van der Waals surface area contributed by atoms with E-state index in [0.717, 1.165) is 11.1 Å². The van der Waals surface area contributed by atoms with E-state index in [1.807, 2.05) is 13.0 Å². The van der Waals surface area contributed by atoms with Crippen LogP contribution in [0.15, 0.2) is 18.2 Å². The number of aryl methyl sites for hydroxylation is 1. The Kier molecular flexibility index (Phi) is 4.77. The van der Waals surface area contributed by atoms with E-state index in [9.17, 15) is 13.2 Å². The van der Waals surface area contributed by atoms with Crippen LogP contribution in [0.4, 0.5) is 13.2 Å². The van der Waals surface area contributed by atoms with Crippen LogP contribution in [0.2, 0.25) is 0 Å². The molecule has 0 heterocycles. The first-order chi connectivity index (χ1) is 7.92. The molecule has 0 saturated carbocycles. The molecule has 1 aromatic rings. The SMILES string of the molecule is Cc1ccc(OCCOC(F)(F)F)c(CN)c1. The Hall–Kier alpha value is -1.27. The molecule has 0 spiro atoms. The molecule has 0 saturated heterocycles.